The van der Waals surface area contributed by atoms with E-state index in [4.69, 9.17) is 21.1 Å². The zero-order valence-electron chi connectivity index (χ0n) is 19.9. The standard InChI is InChI=1S/C28H25ClN2O5/c1-3-4-15-36-19-12-9-17(10-13-19)24-25(31-26(32)20-7-5-6-8-21(20)27(31)33)28(34)30(24)18-11-14-23(35-2)22(29)16-18/h5-14,16,24-25H,3-4,15H2,1-2H3. The Kier molecular flexibility index (Phi) is 6.41. The number of rotatable bonds is 8. The van der Waals surface area contributed by atoms with Crippen LogP contribution in [0.3, 0.4) is 0 Å². The molecule has 0 spiro atoms. The Bertz CT molecular complexity index is 1310. The Morgan fingerprint density at radius 2 is 1.53 bits per heavy atom. The molecule has 5 rings (SSSR count). The minimum absolute atomic E-state index is 0.305. The van der Waals surface area contributed by atoms with E-state index in [0.29, 0.717) is 39.9 Å². The molecule has 2 atom stereocenters. The highest BCUT2D eigenvalue weighted by atomic mass is 35.5. The quantitative estimate of drug-likeness (QED) is 0.237. The van der Waals surface area contributed by atoms with Crippen LogP contribution in [0.15, 0.2) is 66.7 Å². The number of ether oxygens (including phenoxy) is 2. The molecule has 8 heteroatoms. The van der Waals surface area contributed by atoms with Gasteiger partial charge in [-0.1, -0.05) is 49.2 Å². The smallest absolute Gasteiger partial charge is 0.262 e. The number of benzene rings is 3. The summed E-state index contributed by atoms with van der Waals surface area (Å²) >= 11 is 6.35. The highest BCUT2D eigenvalue weighted by Gasteiger charge is 2.57. The molecule has 1 fully saturated rings. The Morgan fingerprint density at radius 1 is 0.861 bits per heavy atom. The van der Waals surface area contributed by atoms with E-state index in [1.54, 1.807) is 47.4 Å². The monoisotopic (exact) mass is 504 g/mol. The summed E-state index contributed by atoms with van der Waals surface area (Å²) in [7, 11) is 1.51. The molecule has 0 saturated carbocycles. The molecule has 1 saturated heterocycles. The zero-order valence-corrected chi connectivity index (χ0v) is 20.7. The summed E-state index contributed by atoms with van der Waals surface area (Å²) in [5.74, 6) is -0.0969. The maximum Gasteiger partial charge on any atom is 0.262 e. The number of fused-ring (bicyclic) bond motifs is 1. The molecule has 0 bridgehead atoms. The molecular weight excluding hydrogens is 480 g/mol. The van der Waals surface area contributed by atoms with Crippen LogP contribution in [0.1, 0.15) is 52.1 Å². The lowest BCUT2D eigenvalue weighted by Crippen LogP contribution is -2.67. The lowest BCUT2D eigenvalue weighted by molar-refractivity contribution is -0.130. The second-order valence-electron chi connectivity index (χ2n) is 8.71. The van der Waals surface area contributed by atoms with Gasteiger partial charge >= 0.3 is 0 Å². The summed E-state index contributed by atoms with van der Waals surface area (Å²) in [4.78, 5) is 42.7. The van der Waals surface area contributed by atoms with Crippen LogP contribution >= 0.6 is 11.6 Å². The molecule has 2 aliphatic heterocycles. The highest BCUT2D eigenvalue weighted by molar-refractivity contribution is 6.32. The van der Waals surface area contributed by atoms with Gasteiger partial charge in [0, 0.05) is 5.69 Å². The Labute approximate surface area is 214 Å². The van der Waals surface area contributed by atoms with E-state index in [-0.39, 0.29) is 5.91 Å². The van der Waals surface area contributed by atoms with Crippen molar-refractivity contribution in [2.75, 3.05) is 18.6 Å². The van der Waals surface area contributed by atoms with Crippen molar-refractivity contribution in [1.82, 2.24) is 4.90 Å². The second-order valence-corrected chi connectivity index (χ2v) is 9.12. The fourth-order valence-electron chi connectivity index (χ4n) is 4.71. The number of halogens is 1. The Morgan fingerprint density at radius 3 is 2.11 bits per heavy atom. The van der Waals surface area contributed by atoms with Crippen LogP contribution in [0.5, 0.6) is 11.5 Å². The van der Waals surface area contributed by atoms with Gasteiger partial charge in [-0.25, -0.2) is 0 Å². The summed E-state index contributed by atoms with van der Waals surface area (Å²) in [6.45, 7) is 2.71. The number of carbonyl (C=O) groups is 3. The van der Waals surface area contributed by atoms with E-state index in [1.165, 1.54) is 7.11 Å². The summed E-state index contributed by atoms with van der Waals surface area (Å²) < 4.78 is 11.0. The van der Waals surface area contributed by atoms with Gasteiger partial charge < -0.3 is 14.4 Å². The van der Waals surface area contributed by atoms with Gasteiger partial charge in [-0.2, -0.15) is 0 Å². The molecule has 2 heterocycles. The summed E-state index contributed by atoms with van der Waals surface area (Å²) in [5, 5.41) is 0.352. The minimum atomic E-state index is -0.981. The lowest BCUT2D eigenvalue weighted by Gasteiger charge is -2.49. The number of anilines is 1. The van der Waals surface area contributed by atoms with Crippen molar-refractivity contribution in [2.45, 2.75) is 31.8 Å². The largest absolute Gasteiger partial charge is 0.495 e. The Hall–Kier alpha value is -3.84. The van der Waals surface area contributed by atoms with Crippen LogP contribution < -0.4 is 14.4 Å². The normalized spacial score (nSPS) is 18.8. The highest BCUT2D eigenvalue weighted by Crippen LogP contribution is 2.45. The van der Waals surface area contributed by atoms with Crippen molar-refractivity contribution in [1.29, 1.82) is 0 Å². The predicted molar refractivity (Wildman–Crippen MR) is 136 cm³/mol. The summed E-state index contributed by atoms with van der Waals surface area (Å²) in [5.41, 5.74) is 1.93. The van der Waals surface area contributed by atoms with E-state index >= 15 is 0 Å². The van der Waals surface area contributed by atoms with Crippen LogP contribution in [-0.4, -0.2) is 42.4 Å². The predicted octanol–water partition coefficient (Wildman–Crippen LogP) is 5.28. The molecule has 0 radical (unpaired) electrons. The number of imide groups is 1. The van der Waals surface area contributed by atoms with Crippen molar-refractivity contribution in [3.8, 4) is 11.5 Å². The fraction of sp³-hybridized carbons (Fsp3) is 0.250. The number of hydrogen-bond donors (Lipinski definition) is 0. The molecule has 36 heavy (non-hydrogen) atoms. The number of β-lactam (4-membered cyclic amide) rings is 1. The van der Waals surface area contributed by atoms with E-state index in [2.05, 4.69) is 6.92 Å². The van der Waals surface area contributed by atoms with Gasteiger partial charge in [-0.05, 0) is 54.4 Å². The average Bonchev–Trinajstić information content (AvgIpc) is 3.13. The molecule has 0 aliphatic carbocycles. The lowest BCUT2D eigenvalue weighted by atomic mass is 9.86. The van der Waals surface area contributed by atoms with Crippen LogP contribution in [0.25, 0.3) is 0 Å². The van der Waals surface area contributed by atoms with E-state index in [1.807, 2.05) is 24.3 Å². The number of methoxy groups -OCH3 is 1. The Balaban J connectivity index is 1.52. The number of carbonyl (C=O) groups excluding carboxylic acids is 3. The van der Waals surface area contributed by atoms with E-state index in [0.717, 1.165) is 23.3 Å². The molecule has 7 nitrogen and oxygen atoms in total. The first-order valence-electron chi connectivity index (χ1n) is 11.8. The third kappa shape index (κ3) is 3.89. The van der Waals surface area contributed by atoms with Gasteiger partial charge in [0.05, 0.1) is 35.9 Å². The number of unbranched alkanes of at least 4 members (excludes halogenated alkanes) is 1. The SMILES string of the molecule is CCCCOc1ccc(C2C(N3C(=O)c4ccccc4C3=O)C(=O)N2c2ccc(OC)c(Cl)c2)cc1. The topological polar surface area (TPSA) is 76.2 Å². The number of nitrogens with zero attached hydrogens (tertiary/aromatic N) is 2. The average molecular weight is 505 g/mol. The van der Waals surface area contributed by atoms with Gasteiger partial charge in [0.1, 0.15) is 17.5 Å². The van der Waals surface area contributed by atoms with Crippen molar-refractivity contribution in [2.24, 2.45) is 0 Å². The van der Waals surface area contributed by atoms with E-state index in [9.17, 15) is 14.4 Å². The first-order valence-corrected chi connectivity index (χ1v) is 12.2. The molecule has 3 amide bonds. The van der Waals surface area contributed by atoms with Crippen LogP contribution in [-0.2, 0) is 4.79 Å². The van der Waals surface area contributed by atoms with Gasteiger partial charge in [0.2, 0.25) is 0 Å². The van der Waals surface area contributed by atoms with Gasteiger partial charge in [0.25, 0.3) is 17.7 Å². The van der Waals surface area contributed by atoms with Crippen LogP contribution in [0.2, 0.25) is 5.02 Å². The minimum Gasteiger partial charge on any atom is -0.495 e. The van der Waals surface area contributed by atoms with Crippen molar-refractivity contribution in [3.63, 3.8) is 0 Å². The summed E-state index contributed by atoms with van der Waals surface area (Å²) in [6, 6.07) is 17.5. The van der Waals surface area contributed by atoms with Crippen molar-refractivity contribution in [3.05, 3.63) is 88.4 Å². The molecule has 2 aliphatic rings. The zero-order chi connectivity index (χ0) is 25.4. The number of hydrogen-bond acceptors (Lipinski definition) is 5. The molecule has 2 unspecified atom stereocenters. The summed E-state index contributed by atoms with van der Waals surface area (Å²) in [6.07, 6.45) is 1.98. The van der Waals surface area contributed by atoms with Gasteiger partial charge in [-0.3, -0.25) is 19.3 Å². The van der Waals surface area contributed by atoms with Gasteiger partial charge in [-0.15, -0.1) is 0 Å². The third-order valence-electron chi connectivity index (χ3n) is 6.57. The fourth-order valence-corrected chi connectivity index (χ4v) is 4.96. The molecule has 3 aromatic carbocycles. The molecular formula is C28H25ClN2O5. The van der Waals surface area contributed by atoms with Crippen molar-refractivity contribution >= 4 is 35.0 Å². The van der Waals surface area contributed by atoms with Crippen LogP contribution in [0.4, 0.5) is 5.69 Å². The molecule has 0 N–H and O–H groups in total. The van der Waals surface area contributed by atoms with E-state index < -0.39 is 23.9 Å². The maximum absolute atomic E-state index is 13.6. The molecule has 0 aromatic heterocycles. The van der Waals surface area contributed by atoms with Crippen molar-refractivity contribution < 1.29 is 23.9 Å². The number of amides is 3. The molecule has 3 aromatic rings. The van der Waals surface area contributed by atoms with Gasteiger partial charge in [0.15, 0.2) is 0 Å². The third-order valence-corrected chi connectivity index (χ3v) is 6.87. The first kappa shape index (κ1) is 23.9. The maximum atomic E-state index is 13.6. The first-order chi connectivity index (χ1) is 17.5. The second kappa shape index (κ2) is 9.66. The van der Waals surface area contributed by atoms with Crippen LogP contribution in [0, 0.1) is 0 Å². The molecule has 184 valence electrons.